The number of hydrogen-bond acceptors (Lipinski definition) is 6. The number of methoxy groups -OCH3 is 1. The summed E-state index contributed by atoms with van der Waals surface area (Å²) in [6, 6.07) is 5.94. The van der Waals surface area contributed by atoms with Gasteiger partial charge in [0.15, 0.2) is 0 Å². The molecule has 0 radical (unpaired) electrons. The van der Waals surface area contributed by atoms with E-state index in [9.17, 15) is 4.79 Å². The van der Waals surface area contributed by atoms with E-state index >= 15 is 0 Å². The lowest BCUT2D eigenvalue weighted by molar-refractivity contribution is 0.0813. The van der Waals surface area contributed by atoms with Crippen LogP contribution in [-0.2, 0) is 11.2 Å². The Morgan fingerprint density at radius 3 is 2.92 bits per heavy atom. The number of carbonyl (C=O) groups excluding carboxylic acids is 1. The maximum Gasteiger partial charge on any atom is 0.251 e. The molecule has 1 aliphatic heterocycles. The first-order chi connectivity index (χ1) is 12.6. The van der Waals surface area contributed by atoms with Gasteiger partial charge in [0.1, 0.15) is 11.6 Å². The van der Waals surface area contributed by atoms with Crippen molar-refractivity contribution in [1.29, 1.82) is 0 Å². The fraction of sp³-hybridized carbons (Fsp3) is 0.526. The molecule has 1 saturated carbocycles. The van der Waals surface area contributed by atoms with Gasteiger partial charge in [-0.1, -0.05) is 5.16 Å². The van der Waals surface area contributed by atoms with Crippen LogP contribution >= 0.6 is 0 Å². The molecule has 2 atom stereocenters. The Morgan fingerprint density at radius 1 is 1.38 bits per heavy atom. The van der Waals surface area contributed by atoms with Crippen molar-refractivity contribution in [3.63, 3.8) is 0 Å². The minimum atomic E-state index is -0.0210. The number of nitrogens with zero attached hydrogens (tertiary/aromatic N) is 3. The van der Waals surface area contributed by atoms with Crippen molar-refractivity contribution in [2.75, 3.05) is 25.1 Å². The maximum absolute atomic E-state index is 12.3. The van der Waals surface area contributed by atoms with Crippen LogP contribution in [-0.4, -0.2) is 48.4 Å². The molecule has 2 fully saturated rings. The molecular weight excluding hydrogens is 332 g/mol. The normalized spacial score (nSPS) is 22.6. The van der Waals surface area contributed by atoms with Crippen molar-refractivity contribution in [1.82, 2.24) is 15.5 Å². The van der Waals surface area contributed by atoms with Crippen molar-refractivity contribution in [3.8, 4) is 0 Å². The van der Waals surface area contributed by atoms with E-state index in [-0.39, 0.29) is 17.9 Å². The van der Waals surface area contributed by atoms with Gasteiger partial charge >= 0.3 is 0 Å². The van der Waals surface area contributed by atoms with Crippen LogP contribution in [0.2, 0.25) is 0 Å². The number of hydrogen-bond donors (Lipinski definition) is 1. The van der Waals surface area contributed by atoms with Crippen LogP contribution in [0.15, 0.2) is 28.9 Å². The van der Waals surface area contributed by atoms with Gasteiger partial charge in [0.2, 0.25) is 0 Å². The highest BCUT2D eigenvalue weighted by atomic mass is 16.5. The number of ether oxygens (including phenoxy) is 1. The van der Waals surface area contributed by atoms with E-state index in [0.29, 0.717) is 11.6 Å². The van der Waals surface area contributed by atoms with Gasteiger partial charge in [-0.25, -0.2) is 4.98 Å². The van der Waals surface area contributed by atoms with E-state index in [0.717, 1.165) is 49.6 Å². The third-order valence-corrected chi connectivity index (χ3v) is 5.07. The Morgan fingerprint density at radius 2 is 2.23 bits per heavy atom. The van der Waals surface area contributed by atoms with E-state index in [2.05, 4.69) is 20.4 Å². The summed E-state index contributed by atoms with van der Waals surface area (Å²) < 4.78 is 11.0. The molecule has 0 spiro atoms. The number of nitrogens with one attached hydrogen (secondary N) is 1. The first-order valence-corrected chi connectivity index (χ1v) is 9.09. The molecule has 0 aromatic carbocycles. The molecule has 2 aromatic rings. The Bertz CT molecular complexity index is 787. The molecule has 1 aliphatic carbocycles. The molecular formula is C19H24N4O3. The molecule has 4 rings (SSSR count). The second-order valence-corrected chi connectivity index (χ2v) is 7.23. The molecule has 7 heteroatoms. The second-order valence-electron chi connectivity index (χ2n) is 7.23. The van der Waals surface area contributed by atoms with Gasteiger partial charge in [-0.05, 0) is 31.9 Å². The summed E-state index contributed by atoms with van der Waals surface area (Å²) in [5.41, 5.74) is 1.55. The Hall–Kier alpha value is -2.41. The standard InChI is InChI=1S/C19H24N4O3/c1-12-7-16(26-22-12)8-14-10-23(11-17(14)25-2)18-9-13(5-6-20-18)19(24)21-15-3-4-15/h5-7,9,14-15,17H,3-4,8,10-11H2,1-2H3,(H,21,24). The average molecular weight is 356 g/mol. The average Bonchev–Trinajstić information content (AvgIpc) is 3.22. The number of amides is 1. The van der Waals surface area contributed by atoms with E-state index in [4.69, 9.17) is 9.26 Å². The number of anilines is 1. The summed E-state index contributed by atoms with van der Waals surface area (Å²) in [6.45, 7) is 3.47. The minimum absolute atomic E-state index is 0.0210. The highest BCUT2D eigenvalue weighted by Gasteiger charge is 2.34. The Balaban J connectivity index is 1.46. The molecule has 3 heterocycles. The summed E-state index contributed by atoms with van der Waals surface area (Å²) in [5, 5.41) is 6.98. The summed E-state index contributed by atoms with van der Waals surface area (Å²) >= 11 is 0. The number of rotatable bonds is 6. The zero-order valence-electron chi connectivity index (χ0n) is 15.1. The van der Waals surface area contributed by atoms with E-state index in [1.54, 1.807) is 19.4 Å². The van der Waals surface area contributed by atoms with Gasteiger partial charge < -0.3 is 19.5 Å². The lowest BCUT2D eigenvalue weighted by Gasteiger charge is -2.17. The first kappa shape index (κ1) is 17.0. The fourth-order valence-corrected chi connectivity index (χ4v) is 3.49. The summed E-state index contributed by atoms with van der Waals surface area (Å²) in [6.07, 6.45) is 4.72. The van der Waals surface area contributed by atoms with Crippen molar-refractivity contribution >= 4 is 11.7 Å². The van der Waals surface area contributed by atoms with E-state index in [1.807, 2.05) is 19.1 Å². The highest BCUT2D eigenvalue weighted by molar-refractivity contribution is 5.95. The lowest BCUT2D eigenvalue weighted by Crippen LogP contribution is -2.27. The predicted molar refractivity (Wildman–Crippen MR) is 96.2 cm³/mol. The molecule has 7 nitrogen and oxygen atoms in total. The molecule has 138 valence electrons. The molecule has 2 aliphatic rings. The van der Waals surface area contributed by atoms with E-state index in [1.165, 1.54) is 0 Å². The molecule has 1 saturated heterocycles. The largest absolute Gasteiger partial charge is 0.379 e. The zero-order valence-corrected chi connectivity index (χ0v) is 15.1. The van der Waals surface area contributed by atoms with Crippen molar-refractivity contribution in [3.05, 3.63) is 41.4 Å². The van der Waals surface area contributed by atoms with Crippen LogP contribution in [0.3, 0.4) is 0 Å². The van der Waals surface area contributed by atoms with Crippen LogP contribution in [0.4, 0.5) is 5.82 Å². The number of aromatic nitrogens is 2. The topological polar surface area (TPSA) is 80.5 Å². The number of carbonyl (C=O) groups is 1. The van der Waals surface area contributed by atoms with Crippen LogP contribution < -0.4 is 10.2 Å². The summed E-state index contributed by atoms with van der Waals surface area (Å²) in [4.78, 5) is 18.9. The quantitative estimate of drug-likeness (QED) is 0.852. The molecule has 26 heavy (non-hydrogen) atoms. The van der Waals surface area contributed by atoms with Crippen LogP contribution in [0.1, 0.15) is 34.7 Å². The monoisotopic (exact) mass is 356 g/mol. The predicted octanol–water partition coefficient (Wildman–Crippen LogP) is 1.96. The third kappa shape index (κ3) is 3.72. The molecule has 1 N–H and O–H groups in total. The second kappa shape index (κ2) is 7.07. The van der Waals surface area contributed by atoms with Gasteiger partial charge in [-0.15, -0.1) is 0 Å². The summed E-state index contributed by atoms with van der Waals surface area (Å²) in [7, 11) is 1.74. The fourth-order valence-electron chi connectivity index (χ4n) is 3.49. The van der Waals surface area contributed by atoms with Gasteiger partial charge in [-0.3, -0.25) is 4.79 Å². The summed E-state index contributed by atoms with van der Waals surface area (Å²) in [5.74, 6) is 1.96. The van der Waals surface area contributed by atoms with Crippen LogP contribution in [0.5, 0.6) is 0 Å². The van der Waals surface area contributed by atoms with E-state index < -0.39 is 0 Å². The Kier molecular flexibility index (Phi) is 4.63. The Labute approximate surface area is 152 Å². The van der Waals surface area contributed by atoms with Crippen LogP contribution in [0.25, 0.3) is 0 Å². The van der Waals surface area contributed by atoms with Gasteiger partial charge in [-0.2, -0.15) is 0 Å². The maximum atomic E-state index is 12.3. The number of pyridine rings is 1. The highest BCUT2D eigenvalue weighted by Crippen LogP contribution is 2.28. The van der Waals surface area contributed by atoms with Crippen molar-refractivity contribution < 1.29 is 14.1 Å². The SMILES string of the molecule is COC1CN(c2cc(C(=O)NC3CC3)ccn2)CC1Cc1cc(C)no1. The number of aryl methyl sites for hydroxylation is 1. The van der Waals surface area contributed by atoms with Crippen molar-refractivity contribution in [2.45, 2.75) is 38.3 Å². The molecule has 1 amide bonds. The van der Waals surface area contributed by atoms with Gasteiger partial charge in [0.05, 0.1) is 11.8 Å². The zero-order chi connectivity index (χ0) is 18.1. The molecule has 2 aromatic heterocycles. The van der Waals surface area contributed by atoms with Crippen LogP contribution in [0, 0.1) is 12.8 Å². The van der Waals surface area contributed by atoms with Gasteiger partial charge in [0.25, 0.3) is 5.91 Å². The minimum Gasteiger partial charge on any atom is -0.379 e. The lowest BCUT2D eigenvalue weighted by atomic mass is 10.0. The van der Waals surface area contributed by atoms with Crippen molar-refractivity contribution in [2.24, 2.45) is 5.92 Å². The molecule has 0 bridgehead atoms. The first-order valence-electron chi connectivity index (χ1n) is 9.09. The van der Waals surface area contributed by atoms with Gasteiger partial charge in [0, 0.05) is 56.4 Å². The smallest absolute Gasteiger partial charge is 0.251 e. The third-order valence-electron chi connectivity index (χ3n) is 5.07. The molecule has 2 unspecified atom stereocenters.